The van der Waals surface area contributed by atoms with E-state index in [1.165, 1.54) is 12.2 Å². The van der Waals surface area contributed by atoms with Gasteiger partial charge in [0, 0.05) is 0 Å². The van der Waals surface area contributed by atoms with Crippen LogP contribution in [0.25, 0.3) is 0 Å². The summed E-state index contributed by atoms with van der Waals surface area (Å²) in [5, 5.41) is 0. The number of hydrogen-bond donors (Lipinski definition) is 0. The van der Waals surface area contributed by atoms with Gasteiger partial charge < -0.3 is 0 Å². The Labute approximate surface area is 157 Å². The van der Waals surface area contributed by atoms with Crippen molar-refractivity contribution < 1.29 is 9.59 Å². The lowest BCUT2D eigenvalue weighted by Crippen LogP contribution is -1.70. The van der Waals surface area contributed by atoms with Crippen molar-refractivity contribution >= 4 is 12.6 Å². The highest BCUT2D eigenvalue weighted by atomic mass is 16.1. The Balaban J connectivity index is 4.61. The van der Waals surface area contributed by atoms with Crippen LogP contribution >= 0.6 is 0 Å². The Morgan fingerprint density at radius 1 is 0.423 bits per heavy atom. The minimum Gasteiger partial charge on any atom is -0.299 e. The first-order chi connectivity index (χ1) is 12.5. The third-order valence-electron chi connectivity index (χ3n) is 3.14. The van der Waals surface area contributed by atoms with Crippen molar-refractivity contribution in [2.75, 3.05) is 0 Å². The molecule has 0 saturated carbocycles. The second-order valence-corrected chi connectivity index (χ2v) is 5.74. The fraction of sp³-hybridized carbons (Fsp3) is 0.167. The van der Waals surface area contributed by atoms with Gasteiger partial charge in [-0.15, -0.1) is 0 Å². The fourth-order valence-electron chi connectivity index (χ4n) is 1.72. The van der Waals surface area contributed by atoms with Gasteiger partial charge in [0.15, 0.2) is 0 Å². The summed E-state index contributed by atoms with van der Waals surface area (Å²) in [6.45, 7) is 7.95. The van der Waals surface area contributed by atoms with Crippen LogP contribution in [0.15, 0.2) is 107 Å². The molecule has 0 aromatic rings. The Morgan fingerprint density at radius 3 is 1.00 bits per heavy atom. The standard InChI is InChI=1S/C24H28O2/c1-21(13-7-15-23(3)17-9-19-25)11-5-6-12-22(2)14-8-16-24(4)18-10-20-26/h5-20H,1-4H3/b6-5+,13-7+,14-8+,17-9+,18-10+,21-11+,22-12+,23-15+,24-16+. The molecule has 0 saturated heterocycles. The third-order valence-corrected chi connectivity index (χ3v) is 3.14. The van der Waals surface area contributed by atoms with Crippen LogP contribution in [-0.2, 0) is 9.59 Å². The van der Waals surface area contributed by atoms with Crippen molar-refractivity contribution in [2.45, 2.75) is 27.7 Å². The minimum atomic E-state index is 0.768. The van der Waals surface area contributed by atoms with E-state index in [0.29, 0.717) is 0 Å². The van der Waals surface area contributed by atoms with Crippen molar-refractivity contribution in [3.63, 3.8) is 0 Å². The number of carbonyl (C=O) groups is 2. The zero-order chi connectivity index (χ0) is 19.6. The number of hydrogen-bond acceptors (Lipinski definition) is 2. The van der Waals surface area contributed by atoms with Gasteiger partial charge in [-0.05, 0) is 39.8 Å². The molecule has 0 heterocycles. The van der Waals surface area contributed by atoms with Crippen LogP contribution < -0.4 is 0 Å². The summed E-state index contributed by atoms with van der Waals surface area (Å²) in [4.78, 5) is 20.5. The van der Waals surface area contributed by atoms with Crippen LogP contribution in [-0.4, -0.2) is 12.6 Å². The fourth-order valence-corrected chi connectivity index (χ4v) is 1.72. The lowest BCUT2D eigenvalue weighted by atomic mass is 10.2. The predicted molar refractivity (Wildman–Crippen MR) is 113 cm³/mol. The zero-order valence-electron chi connectivity index (χ0n) is 16.1. The second-order valence-electron chi connectivity index (χ2n) is 5.74. The van der Waals surface area contributed by atoms with Crippen molar-refractivity contribution in [2.24, 2.45) is 0 Å². The summed E-state index contributed by atoms with van der Waals surface area (Å²) in [5.41, 5.74) is 4.31. The summed E-state index contributed by atoms with van der Waals surface area (Å²) >= 11 is 0. The monoisotopic (exact) mass is 348 g/mol. The van der Waals surface area contributed by atoms with Gasteiger partial charge in [0.05, 0.1) is 0 Å². The summed E-state index contributed by atoms with van der Waals surface area (Å²) in [6, 6.07) is 0. The average Bonchev–Trinajstić information content (AvgIpc) is 2.61. The van der Waals surface area contributed by atoms with Crippen LogP contribution in [0.4, 0.5) is 0 Å². The Kier molecular flexibility index (Phi) is 13.7. The lowest BCUT2D eigenvalue weighted by Gasteiger charge is -1.90. The van der Waals surface area contributed by atoms with Crippen LogP contribution in [0, 0.1) is 0 Å². The Bertz CT molecular complexity index is 653. The molecule has 0 radical (unpaired) electrons. The van der Waals surface area contributed by atoms with Crippen LogP contribution in [0.2, 0.25) is 0 Å². The average molecular weight is 348 g/mol. The topological polar surface area (TPSA) is 34.1 Å². The van der Waals surface area contributed by atoms with Gasteiger partial charge in [0.2, 0.25) is 0 Å². The zero-order valence-corrected chi connectivity index (χ0v) is 16.1. The molecule has 0 aliphatic carbocycles. The molecule has 0 atom stereocenters. The van der Waals surface area contributed by atoms with E-state index in [0.717, 1.165) is 34.9 Å². The molecule has 26 heavy (non-hydrogen) atoms. The van der Waals surface area contributed by atoms with Crippen molar-refractivity contribution in [1.29, 1.82) is 0 Å². The molecule has 0 amide bonds. The van der Waals surface area contributed by atoms with Gasteiger partial charge in [-0.2, -0.15) is 0 Å². The van der Waals surface area contributed by atoms with E-state index in [1.807, 2.05) is 88.5 Å². The maximum Gasteiger partial charge on any atom is 0.142 e. The van der Waals surface area contributed by atoms with E-state index in [1.54, 1.807) is 12.2 Å². The normalized spacial score (nSPS) is 15.4. The number of rotatable bonds is 10. The molecule has 0 N–H and O–H groups in total. The summed E-state index contributed by atoms with van der Waals surface area (Å²) < 4.78 is 0. The van der Waals surface area contributed by atoms with Gasteiger partial charge in [-0.25, -0.2) is 0 Å². The quantitative estimate of drug-likeness (QED) is 0.278. The molecule has 0 aliphatic rings. The molecule has 0 aliphatic heterocycles. The van der Waals surface area contributed by atoms with Gasteiger partial charge in [-0.3, -0.25) is 9.59 Å². The highest BCUT2D eigenvalue weighted by Crippen LogP contribution is 2.02. The van der Waals surface area contributed by atoms with E-state index >= 15 is 0 Å². The highest BCUT2D eigenvalue weighted by Gasteiger charge is 1.81. The van der Waals surface area contributed by atoms with Crippen LogP contribution in [0.3, 0.4) is 0 Å². The molecule has 0 unspecified atom stereocenters. The largest absolute Gasteiger partial charge is 0.299 e. The third kappa shape index (κ3) is 14.6. The molecule has 0 spiro atoms. The number of allylic oxidation sites excluding steroid dienone is 18. The predicted octanol–water partition coefficient (Wildman–Crippen LogP) is 5.95. The molecule has 0 aromatic carbocycles. The SMILES string of the molecule is CC(/C=C/C=O)=C\C=C\C(C)=C\C=C\C=C(C)\C=C\C=C(C)\C=C\C=O. The summed E-state index contributed by atoms with van der Waals surface area (Å²) in [7, 11) is 0. The summed E-state index contributed by atoms with van der Waals surface area (Å²) in [5.74, 6) is 0. The molecule has 0 fully saturated rings. The van der Waals surface area contributed by atoms with Gasteiger partial charge in [0.25, 0.3) is 0 Å². The molecule has 2 nitrogen and oxygen atoms in total. The summed E-state index contributed by atoms with van der Waals surface area (Å²) in [6.07, 6.45) is 27.9. The molecular formula is C24H28O2. The van der Waals surface area contributed by atoms with E-state index < -0.39 is 0 Å². The first-order valence-corrected chi connectivity index (χ1v) is 8.45. The van der Waals surface area contributed by atoms with E-state index in [9.17, 15) is 9.59 Å². The van der Waals surface area contributed by atoms with Crippen LogP contribution in [0.5, 0.6) is 0 Å². The maximum absolute atomic E-state index is 10.2. The minimum absolute atomic E-state index is 0.768. The first-order valence-electron chi connectivity index (χ1n) is 8.45. The molecule has 0 rings (SSSR count). The molecule has 0 aromatic heterocycles. The van der Waals surface area contributed by atoms with Crippen LogP contribution in [0.1, 0.15) is 27.7 Å². The van der Waals surface area contributed by atoms with E-state index in [2.05, 4.69) is 0 Å². The smallest absolute Gasteiger partial charge is 0.142 e. The highest BCUT2D eigenvalue weighted by molar-refractivity contribution is 5.66. The van der Waals surface area contributed by atoms with Gasteiger partial charge >= 0.3 is 0 Å². The number of carbonyl (C=O) groups excluding carboxylic acids is 2. The molecule has 136 valence electrons. The molecule has 0 bridgehead atoms. The first kappa shape index (κ1) is 23.0. The van der Waals surface area contributed by atoms with Gasteiger partial charge in [-0.1, -0.05) is 95.2 Å². The molecule has 2 heteroatoms. The van der Waals surface area contributed by atoms with Gasteiger partial charge in [0.1, 0.15) is 12.6 Å². The Morgan fingerprint density at radius 2 is 0.692 bits per heavy atom. The van der Waals surface area contributed by atoms with Crippen molar-refractivity contribution in [1.82, 2.24) is 0 Å². The van der Waals surface area contributed by atoms with E-state index in [-0.39, 0.29) is 0 Å². The lowest BCUT2D eigenvalue weighted by molar-refractivity contribution is -0.104. The Hall–Kier alpha value is -3.00. The second kappa shape index (κ2) is 15.5. The van der Waals surface area contributed by atoms with E-state index in [4.69, 9.17) is 0 Å². The van der Waals surface area contributed by atoms with Crippen molar-refractivity contribution in [3.05, 3.63) is 107 Å². The number of aldehydes is 2. The van der Waals surface area contributed by atoms with Crippen molar-refractivity contribution in [3.8, 4) is 0 Å². The maximum atomic E-state index is 10.2. The molecular weight excluding hydrogens is 320 g/mol.